The summed E-state index contributed by atoms with van der Waals surface area (Å²) in [5.74, 6) is 0.588. The molecular weight excluding hydrogens is 422 g/mol. The van der Waals surface area contributed by atoms with Crippen molar-refractivity contribution in [3.8, 4) is 5.75 Å². The Labute approximate surface area is 139 Å². The van der Waals surface area contributed by atoms with Gasteiger partial charge in [-0.25, -0.2) is 0 Å². The number of rotatable bonds is 5. The first kappa shape index (κ1) is 19.1. The molecule has 4 nitrogen and oxygen atoms in total. The fraction of sp³-hybridized carbons (Fsp3) is 0.462. The molecule has 1 rings (SSSR count). The van der Waals surface area contributed by atoms with Gasteiger partial charge in [-0.1, -0.05) is 0 Å². The van der Waals surface area contributed by atoms with Crippen LogP contribution in [0.3, 0.4) is 0 Å². The first-order chi connectivity index (χ1) is 9.45. The molecule has 0 aromatic heterocycles. The summed E-state index contributed by atoms with van der Waals surface area (Å²) < 4.78 is 32.2. The van der Waals surface area contributed by atoms with Crippen LogP contribution in [0.2, 0.25) is 0 Å². The zero-order valence-corrected chi connectivity index (χ0v) is 16.6. The van der Waals surface area contributed by atoms with E-state index in [0.717, 1.165) is 0 Å². The predicted octanol–water partition coefficient (Wildman–Crippen LogP) is 2.94. The maximum atomic E-state index is 12.5. The van der Waals surface area contributed by atoms with Crippen LogP contribution in [0.4, 0.5) is 0 Å². The predicted molar refractivity (Wildman–Crippen MR) is 84.3 cm³/mol. The van der Waals surface area contributed by atoms with Gasteiger partial charge in [0.25, 0.3) is 0 Å². The number of nitrogens with zero attached hydrogens (tertiary/aromatic N) is 1. The topological polar surface area (TPSA) is 43.4 Å². The molecule has 0 atom stereocenters. The summed E-state index contributed by atoms with van der Waals surface area (Å²) in [4.78, 5) is 0.223. The zero-order valence-electron chi connectivity index (χ0n) is 12.6. The van der Waals surface area contributed by atoms with Crippen molar-refractivity contribution in [2.45, 2.75) is 24.8 Å². The maximum absolute atomic E-state index is 12.5. The van der Waals surface area contributed by atoms with E-state index in [1.807, 2.05) is 13.8 Å². The molecule has 122 valence electrons. The van der Waals surface area contributed by atoms with E-state index in [1.165, 1.54) is 0 Å². The van der Waals surface area contributed by atoms with Crippen molar-refractivity contribution in [1.82, 2.24) is 0 Å². The SMILES string of the molecule is CC(C)Oc1ccc(S(=O)(=O)[N+](C)(C)C)cc1[CH]=[Ru]([Cl])[Cl]. The summed E-state index contributed by atoms with van der Waals surface area (Å²) >= 11 is -2.09. The van der Waals surface area contributed by atoms with E-state index in [9.17, 15) is 8.42 Å². The monoisotopic (exact) mass is 442 g/mol. The Balaban J connectivity index is 3.45. The number of sulfonamides is 1. The molecule has 21 heavy (non-hydrogen) atoms. The third-order valence-corrected chi connectivity index (χ3v) is 6.67. The molecule has 0 N–H and O–H groups in total. The minimum atomic E-state index is -3.49. The number of quaternary nitrogens is 1. The summed E-state index contributed by atoms with van der Waals surface area (Å²) in [6.45, 7) is 3.80. The van der Waals surface area contributed by atoms with Crippen molar-refractivity contribution in [3.05, 3.63) is 23.8 Å². The summed E-state index contributed by atoms with van der Waals surface area (Å²) in [7, 11) is 13.2. The Kier molecular flexibility index (Phi) is 6.40. The van der Waals surface area contributed by atoms with Gasteiger partial charge in [0.2, 0.25) is 0 Å². The number of halogens is 2. The van der Waals surface area contributed by atoms with Crippen LogP contribution in [0.5, 0.6) is 5.75 Å². The fourth-order valence-electron chi connectivity index (χ4n) is 1.53. The molecule has 0 fully saturated rings. The van der Waals surface area contributed by atoms with Crippen LogP contribution in [0.15, 0.2) is 23.1 Å². The summed E-state index contributed by atoms with van der Waals surface area (Å²) in [6.07, 6.45) is -0.0238. The molecule has 0 saturated carbocycles. The Morgan fingerprint density at radius 1 is 1.24 bits per heavy atom. The third-order valence-electron chi connectivity index (χ3n) is 2.55. The molecule has 0 aliphatic heterocycles. The van der Waals surface area contributed by atoms with Crippen LogP contribution < -0.4 is 4.74 Å². The van der Waals surface area contributed by atoms with Crippen molar-refractivity contribution in [1.29, 1.82) is 0 Å². The van der Waals surface area contributed by atoms with Crippen LogP contribution in [0, 0.1) is 0 Å². The van der Waals surface area contributed by atoms with Gasteiger partial charge in [-0.05, 0) is 0 Å². The first-order valence-electron chi connectivity index (χ1n) is 6.15. The van der Waals surface area contributed by atoms with Gasteiger partial charge < -0.3 is 0 Å². The standard InChI is InChI=1S/C13H20NO3S.2ClH.Ru/c1-10(2)17-13-8-7-12(9-11(13)3)18(15,16)14(4,5)6;;;/h3,7-10H,1-2,4-6H3;2*1H;/q+1;;;+2/p-2. The molecule has 0 heterocycles. The van der Waals surface area contributed by atoms with E-state index in [0.29, 0.717) is 11.3 Å². The van der Waals surface area contributed by atoms with E-state index in [4.69, 9.17) is 24.1 Å². The molecule has 8 heteroatoms. The van der Waals surface area contributed by atoms with Crippen LogP contribution in [-0.2, 0) is 23.5 Å². The summed E-state index contributed by atoms with van der Waals surface area (Å²) in [5, 5.41) is 0. The van der Waals surface area contributed by atoms with Crippen molar-refractivity contribution in [3.63, 3.8) is 0 Å². The molecule has 0 aliphatic carbocycles. The van der Waals surface area contributed by atoms with Gasteiger partial charge in [0, 0.05) is 0 Å². The molecule has 0 amide bonds. The Morgan fingerprint density at radius 3 is 2.24 bits per heavy atom. The van der Waals surface area contributed by atoms with Crippen LogP contribution in [0.1, 0.15) is 19.4 Å². The van der Waals surface area contributed by atoms with Gasteiger partial charge in [-0.2, -0.15) is 0 Å². The minimum absolute atomic E-state index is 0.0238. The van der Waals surface area contributed by atoms with Crippen LogP contribution in [0.25, 0.3) is 0 Å². The van der Waals surface area contributed by atoms with E-state index < -0.39 is 23.5 Å². The molecule has 0 radical (unpaired) electrons. The van der Waals surface area contributed by atoms with E-state index >= 15 is 0 Å². The van der Waals surface area contributed by atoms with Crippen molar-refractivity contribution < 1.29 is 30.6 Å². The van der Waals surface area contributed by atoms with Gasteiger partial charge in [-0.15, -0.1) is 0 Å². The van der Waals surface area contributed by atoms with Gasteiger partial charge in [-0.3, -0.25) is 0 Å². The Hall–Kier alpha value is 0.00338. The molecule has 1 aromatic carbocycles. The molecule has 0 bridgehead atoms. The second kappa shape index (κ2) is 7.05. The Morgan fingerprint density at radius 2 is 1.81 bits per heavy atom. The summed E-state index contributed by atoms with van der Waals surface area (Å²) in [5.41, 5.74) is 0.627. The fourth-order valence-corrected chi connectivity index (χ4v) is 4.46. The van der Waals surface area contributed by atoms with Gasteiger partial charge in [0.15, 0.2) is 0 Å². The third kappa shape index (κ3) is 5.00. The quantitative estimate of drug-likeness (QED) is 0.521. The summed E-state index contributed by atoms with van der Waals surface area (Å²) in [6, 6.07) is 4.77. The molecular formula is C13H20Cl2NO3RuS+. The average molecular weight is 442 g/mol. The van der Waals surface area contributed by atoms with Crippen LogP contribution >= 0.6 is 19.4 Å². The molecule has 0 spiro atoms. The molecule has 1 aromatic rings. The van der Waals surface area contributed by atoms with E-state index in [1.54, 1.807) is 44.0 Å². The normalized spacial score (nSPS) is 13.2. The average Bonchev–Trinajstić information content (AvgIpc) is 2.28. The van der Waals surface area contributed by atoms with Gasteiger partial charge in [0.1, 0.15) is 0 Å². The molecule has 0 saturated heterocycles. The number of benzene rings is 1. The second-order valence-electron chi connectivity index (χ2n) is 5.54. The molecule has 0 unspecified atom stereocenters. The van der Waals surface area contributed by atoms with Crippen molar-refractivity contribution in [2.24, 2.45) is 0 Å². The Bertz CT molecular complexity index is 648. The number of hydrogen-bond acceptors (Lipinski definition) is 3. The van der Waals surface area contributed by atoms with Gasteiger partial charge in [0.05, 0.1) is 0 Å². The van der Waals surface area contributed by atoms with Crippen LogP contribution in [-0.4, -0.2) is 44.2 Å². The zero-order chi connectivity index (χ0) is 16.4. The van der Waals surface area contributed by atoms with E-state index in [-0.39, 0.29) is 14.9 Å². The van der Waals surface area contributed by atoms with Gasteiger partial charge >= 0.3 is 140 Å². The number of hydrogen-bond donors (Lipinski definition) is 0. The van der Waals surface area contributed by atoms with E-state index in [2.05, 4.69) is 0 Å². The second-order valence-corrected chi connectivity index (χ2v) is 13.8. The van der Waals surface area contributed by atoms with Crippen molar-refractivity contribution in [2.75, 3.05) is 21.1 Å². The first-order valence-corrected chi connectivity index (χ1v) is 13.1. The number of ether oxygens (including phenoxy) is 1. The van der Waals surface area contributed by atoms with Crippen molar-refractivity contribution >= 4 is 34.0 Å². The molecule has 0 aliphatic rings.